The Kier molecular flexibility index (Phi) is 5.04. The van der Waals surface area contributed by atoms with Gasteiger partial charge < -0.3 is 0 Å². The molecule has 28 heavy (non-hydrogen) atoms. The van der Waals surface area contributed by atoms with Crippen LogP contribution in [0.25, 0.3) is 21.7 Å². The molecule has 0 aliphatic rings. The van der Waals surface area contributed by atoms with Gasteiger partial charge in [0, 0.05) is 12.1 Å². The highest BCUT2D eigenvalue weighted by Crippen LogP contribution is 2.39. The van der Waals surface area contributed by atoms with Gasteiger partial charge in [-0.05, 0) is 25.5 Å². The Morgan fingerprint density at radius 1 is 1.04 bits per heavy atom. The van der Waals surface area contributed by atoms with E-state index in [0.29, 0.717) is 17.4 Å². The number of amides is 1. The van der Waals surface area contributed by atoms with E-state index in [1.54, 1.807) is 10.7 Å². The topological polar surface area (TPSA) is 59.8 Å². The minimum atomic E-state index is -0.199. The van der Waals surface area contributed by atoms with Crippen LogP contribution in [0, 0.1) is 6.92 Å². The largest absolute Gasteiger partial charge is 0.296 e. The summed E-state index contributed by atoms with van der Waals surface area (Å²) in [4.78, 5) is 18.6. The van der Waals surface area contributed by atoms with Gasteiger partial charge in [-0.15, -0.1) is 0 Å². The summed E-state index contributed by atoms with van der Waals surface area (Å²) in [6.07, 6.45) is 0. The van der Waals surface area contributed by atoms with Crippen LogP contribution in [-0.4, -0.2) is 20.7 Å². The second kappa shape index (κ2) is 7.78. The van der Waals surface area contributed by atoms with Crippen LogP contribution in [0.2, 0.25) is 0 Å². The average Bonchev–Trinajstić information content (AvgIpc) is 3.32. The van der Waals surface area contributed by atoms with Crippen molar-refractivity contribution in [2.24, 2.45) is 0 Å². The van der Waals surface area contributed by atoms with Crippen molar-refractivity contribution in [2.45, 2.75) is 20.4 Å². The Hall–Kier alpha value is -3.25. The summed E-state index contributed by atoms with van der Waals surface area (Å²) in [6, 6.07) is 21.9. The molecule has 1 amide bonds. The van der Waals surface area contributed by atoms with Crippen LogP contribution < -0.4 is 5.32 Å². The van der Waals surface area contributed by atoms with E-state index in [0.717, 1.165) is 27.4 Å². The quantitative estimate of drug-likeness (QED) is 0.508. The summed E-state index contributed by atoms with van der Waals surface area (Å²) in [5, 5.41) is 7.88. The number of hydrogen-bond donors (Lipinski definition) is 1. The number of aryl methyl sites for hydroxylation is 2. The second-order valence-electron chi connectivity index (χ2n) is 6.37. The van der Waals surface area contributed by atoms with E-state index in [9.17, 15) is 4.79 Å². The molecular weight excluding hydrogens is 368 g/mol. The number of rotatable bonds is 5. The number of benzene rings is 2. The van der Waals surface area contributed by atoms with Crippen LogP contribution >= 0.6 is 11.3 Å². The molecular formula is C22H20N4OS. The molecule has 5 nitrogen and oxygen atoms in total. The van der Waals surface area contributed by atoms with Gasteiger partial charge in [0.25, 0.3) is 5.91 Å². The zero-order chi connectivity index (χ0) is 19.5. The van der Waals surface area contributed by atoms with Gasteiger partial charge in [0.05, 0.1) is 16.3 Å². The number of nitrogens with zero attached hydrogens (tertiary/aromatic N) is 3. The standard InChI is InChI=1S/C22H20N4OS/c1-3-26-18(14-15(2)25-26)21(27)24-22-23-19(16-10-6-4-7-11-16)20(28-22)17-12-8-5-9-13-17/h4-14H,3H2,1-2H3,(H,23,24,27). The summed E-state index contributed by atoms with van der Waals surface area (Å²) in [7, 11) is 0. The number of anilines is 1. The molecule has 2 aromatic carbocycles. The first-order valence-corrected chi connectivity index (χ1v) is 9.95. The normalized spacial score (nSPS) is 10.8. The molecule has 0 radical (unpaired) electrons. The van der Waals surface area contributed by atoms with Crippen molar-refractivity contribution in [2.75, 3.05) is 5.32 Å². The Morgan fingerprint density at radius 2 is 1.68 bits per heavy atom. The summed E-state index contributed by atoms with van der Waals surface area (Å²) >= 11 is 1.48. The maximum atomic E-state index is 12.8. The fourth-order valence-electron chi connectivity index (χ4n) is 3.08. The molecule has 0 saturated heterocycles. The molecule has 4 aromatic rings. The highest BCUT2D eigenvalue weighted by atomic mass is 32.1. The van der Waals surface area contributed by atoms with Crippen molar-refractivity contribution in [3.8, 4) is 21.7 Å². The third kappa shape index (κ3) is 3.59. The number of carbonyl (C=O) groups excluding carboxylic acids is 1. The Morgan fingerprint density at radius 3 is 2.32 bits per heavy atom. The first kappa shape index (κ1) is 18.1. The lowest BCUT2D eigenvalue weighted by Crippen LogP contribution is -2.17. The molecule has 6 heteroatoms. The zero-order valence-corrected chi connectivity index (χ0v) is 16.5. The predicted octanol–water partition coefficient (Wildman–Crippen LogP) is 5.25. The maximum absolute atomic E-state index is 12.8. The SMILES string of the molecule is CCn1nc(C)cc1C(=O)Nc1nc(-c2ccccc2)c(-c2ccccc2)s1. The van der Waals surface area contributed by atoms with Crippen LogP contribution in [0.3, 0.4) is 0 Å². The molecule has 140 valence electrons. The van der Waals surface area contributed by atoms with Crippen LogP contribution in [0.1, 0.15) is 23.1 Å². The molecule has 1 N–H and O–H groups in total. The first-order valence-electron chi connectivity index (χ1n) is 9.13. The molecule has 0 fully saturated rings. The molecule has 0 atom stereocenters. The number of thiazole rings is 1. The molecule has 0 bridgehead atoms. The van der Waals surface area contributed by atoms with Gasteiger partial charge in [-0.3, -0.25) is 14.8 Å². The van der Waals surface area contributed by atoms with Gasteiger partial charge in [-0.1, -0.05) is 72.0 Å². The number of aromatic nitrogens is 3. The third-order valence-electron chi connectivity index (χ3n) is 4.37. The predicted molar refractivity (Wildman–Crippen MR) is 114 cm³/mol. The highest BCUT2D eigenvalue weighted by Gasteiger charge is 2.19. The smallest absolute Gasteiger partial charge is 0.275 e. The van der Waals surface area contributed by atoms with E-state index in [-0.39, 0.29) is 5.91 Å². The summed E-state index contributed by atoms with van der Waals surface area (Å²) in [5.41, 5.74) is 4.33. The lowest BCUT2D eigenvalue weighted by molar-refractivity contribution is 0.101. The van der Waals surface area contributed by atoms with Crippen LogP contribution in [0.5, 0.6) is 0 Å². The van der Waals surface area contributed by atoms with Crippen molar-refractivity contribution >= 4 is 22.4 Å². The fraction of sp³-hybridized carbons (Fsp3) is 0.136. The molecule has 4 rings (SSSR count). The first-order chi connectivity index (χ1) is 13.7. The lowest BCUT2D eigenvalue weighted by Gasteiger charge is -2.03. The molecule has 0 aliphatic carbocycles. The number of nitrogens with one attached hydrogen (secondary N) is 1. The van der Waals surface area contributed by atoms with Crippen LogP contribution in [0.4, 0.5) is 5.13 Å². The fourth-order valence-corrected chi connectivity index (χ4v) is 4.07. The van der Waals surface area contributed by atoms with Crippen molar-refractivity contribution < 1.29 is 4.79 Å². The molecule has 0 aliphatic heterocycles. The number of hydrogen-bond acceptors (Lipinski definition) is 4. The van der Waals surface area contributed by atoms with Crippen LogP contribution in [-0.2, 0) is 6.54 Å². The molecule has 0 spiro atoms. The van der Waals surface area contributed by atoms with E-state index >= 15 is 0 Å². The van der Waals surface area contributed by atoms with E-state index in [1.807, 2.05) is 62.4 Å². The van der Waals surface area contributed by atoms with E-state index in [2.05, 4.69) is 22.5 Å². The molecule has 0 unspecified atom stereocenters. The minimum Gasteiger partial charge on any atom is -0.296 e. The van der Waals surface area contributed by atoms with Crippen LogP contribution in [0.15, 0.2) is 66.7 Å². The maximum Gasteiger partial charge on any atom is 0.275 e. The summed E-state index contributed by atoms with van der Waals surface area (Å²) in [5.74, 6) is -0.199. The van der Waals surface area contributed by atoms with Gasteiger partial charge in [0.1, 0.15) is 5.69 Å². The van der Waals surface area contributed by atoms with Gasteiger partial charge >= 0.3 is 0 Å². The Labute approximate surface area is 167 Å². The minimum absolute atomic E-state index is 0.199. The average molecular weight is 388 g/mol. The van der Waals surface area contributed by atoms with Gasteiger partial charge in [-0.2, -0.15) is 5.10 Å². The van der Waals surface area contributed by atoms with Gasteiger partial charge in [0.2, 0.25) is 0 Å². The monoisotopic (exact) mass is 388 g/mol. The molecule has 2 heterocycles. The van der Waals surface area contributed by atoms with Crippen molar-refractivity contribution in [3.63, 3.8) is 0 Å². The zero-order valence-electron chi connectivity index (χ0n) is 15.7. The second-order valence-corrected chi connectivity index (χ2v) is 7.37. The summed E-state index contributed by atoms with van der Waals surface area (Å²) in [6.45, 7) is 4.49. The van der Waals surface area contributed by atoms with Gasteiger partial charge in [-0.25, -0.2) is 4.98 Å². The molecule has 0 saturated carbocycles. The van der Waals surface area contributed by atoms with Crippen molar-refractivity contribution in [1.82, 2.24) is 14.8 Å². The Bertz CT molecular complexity index is 1040. The lowest BCUT2D eigenvalue weighted by atomic mass is 10.1. The van der Waals surface area contributed by atoms with E-state index in [1.165, 1.54) is 11.3 Å². The third-order valence-corrected chi connectivity index (χ3v) is 5.39. The number of carbonyl (C=O) groups is 1. The van der Waals surface area contributed by atoms with Crippen molar-refractivity contribution in [1.29, 1.82) is 0 Å². The van der Waals surface area contributed by atoms with E-state index in [4.69, 9.17) is 4.98 Å². The highest BCUT2D eigenvalue weighted by molar-refractivity contribution is 7.19. The Balaban J connectivity index is 1.72. The summed E-state index contributed by atoms with van der Waals surface area (Å²) < 4.78 is 1.70. The van der Waals surface area contributed by atoms with Gasteiger partial charge in [0.15, 0.2) is 5.13 Å². The molecule has 2 aromatic heterocycles. The van der Waals surface area contributed by atoms with E-state index < -0.39 is 0 Å². The van der Waals surface area contributed by atoms with Crippen molar-refractivity contribution in [3.05, 3.63) is 78.1 Å².